The zero-order chi connectivity index (χ0) is 20.6. The minimum atomic E-state index is 0. The Labute approximate surface area is 198 Å². The molecule has 7 heteroatoms. The molecule has 1 heterocycles. The van der Waals surface area contributed by atoms with Gasteiger partial charge in [-0.3, -0.25) is 9.79 Å². The van der Waals surface area contributed by atoms with Crippen LogP contribution >= 0.6 is 24.0 Å². The lowest BCUT2D eigenvalue weighted by molar-refractivity contribution is -0.134. The number of methoxy groups -OCH3 is 1. The van der Waals surface area contributed by atoms with Gasteiger partial charge >= 0.3 is 0 Å². The molecular weight excluding hydrogens is 491 g/mol. The van der Waals surface area contributed by atoms with Crippen LogP contribution in [0.15, 0.2) is 29.3 Å². The maximum atomic E-state index is 12.7. The van der Waals surface area contributed by atoms with Crippen LogP contribution in [0, 0.1) is 5.92 Å². The topological polar surface area (TPSA) is 66.0 Å². The summed E-state index contributed by atoms with van der Waals surface area (Å²) in [5.74, 6) is 2.61. The highest BCUT2D eigenvalue weighted by Gasteiger charge is 2.32. The number of carbonyl (C=O) groups excluding carboxylic acids is 1. The molecule has 2 aliphatic rings. The highest BCUT2D eigenvalue weighted by Crippen LogP contribution is 2.28. The van der Waals surface area contributed by atoms with Gasteiger partial charge in [0.15, 0.2) is 5.96 Å². The second kappa shape index (κ2) is 12.4. The van der Waals surface area contributed by atoms with Gasteiger partial charge in [0.1, 0.15) is 5.75 Å². The number of hydrogen-bond donors (Lipinski definition) is 2. The summed E-state index contributed by atoms with van der Waals surface area (Å²) in [6, 6.07) is 8.38. The van der Waals surface area contributed by atoms with Gasteiger partial charge in [0.2, 0.25) is 5.91 Å². The van der Waals surface area contributed by atoms with E-state index >= 15 is 0 Å². The lowest BCUT2D eigenvalue weighted by atomic mass is 10.0. The third kappa shape index (κ3) is 6.49. The molecule has 168 valence electrons. The first-order chi connectivity index (χ1) is 14.1. The first-order valence-electron chi connectivity index (χ1n) is 11.1. The maximum Gasteiger partial charge on any atom is 0.225 e. The van der Waals surface area contributed by atoms with Gasteiger partial charge in [0.25, 0.3) is 0 Å². The number of guanidine groups is 1. The van der Waals surface area contributed by atoms with Crippen molar-refractivity contribution in [1.82, 2.24) is 15.5 Å². The molecule has 6 nitrogen and oxygen atoms in total. The predicted octanol–water partition coefficient (Wildman–Crippen LogP) is 3.76. The number of ether oxygens (including phenoxy) is 1. The van der Waals surface area contributed by atoms with E-state index in [2.05, 4.69) is 35.4 Å². The Morgan fingerprint density at radius 2 is 2.00 bits per heavy atom. The van der Waals surface area contributed by atoms with Crippen LogP contribution in [0.2, 0.25) is 0 Å². The summed E-state index contributed by atoms with van der Waals surface area (Å²) in [6.07, 6.45) is 5.52. The number of nitrogens with zero attached hydrogens (tertiary/aromatic N) is 2. The van der Waals surface area contributed by atoms with Crippen molar-refractivity contribution in [3.05, 3.63) is 29.8 Å². The number of rotatable bonds is 7. The van der Waals surface area contributed by atoms with Crippen LogP contribution in [-0.4, -0.2) is 56.1 Å². The lowest BCUT2D eigenvalue weighted by Gasteiger charge is -2.22. The third-order valence-electron chi connectivity index (χ3n) is 6.08. The molecule has 0 aromatic heterocycles. The molecule has 2 unspecified atom stereocenters. The Kier molecular flexibility index (Phi) is 10.2. The van der Waals surface area contributed by atoms with Gasteiger partial charge in [-0.05, 0) is 37.8 Å². The maximum absolute atomic E-state index is 12.7. The van der Waals surface area contributed by atoms with E-state index in [1.807, 2.05) is 18.2 Å². The van der Waals surface area contributed by atoms with Crippen molar-refractivity contribution in [3.63, 3.8) is 0 Å². The Morgan fingerprint density at radius 1 is 1.27 bits per heavy atom. The van der Waals surface area contributed by atoms with Crippen molar-refractivity contribution in [2.45, 2.75) is 57.9 Å². The lowest BCUT2D eigenvalue weighted by Crippen LogP contribution is -2.45. The number of nitrogens with one attached hydrogen (secondary N) is 2. The zero-order valence-electron chi connectivity index (χ0n) is 18.5. The number of para-hydroxylation sites is 1. The van der Waals surface area contributed by atoms with Crippen LogP contribution in [0.5, 0.6) is 5.75 Å². The first kappa shape index (κ1) is 24.8. The van der Waals surface area contributed by atoms with Crippen molar-refractivity contribution in [3.8, 4) is 5.75 Å². The van der Waals surface area contributed by atoms with Crippen LogP contribution < -0.4 is 15.4 Å². The molecule has 1 aliphatic heterocycles. The minimum absolute atomic E-state index is 0. The standard InChI is InChI=1S/C23H36N4O2.HI/c1-4-24-23(25-15-17(2)20-11-7-8-12-21(20)29-3)26-19-13-14-27(16-19)22(28)18-9-5-6-10-18;/h7-8,11-12,17-19H,4-6,9-10,13-16H2,1-3H3,(H2,24,25,26);1H. The second-order valence-electron chi connectivity index (χ2n) is 8.26. The Hall–Kier alpha value is -1.51. The molecule has 1 saturated carbocycles. The van der Waals surface area contributed by atoms with E-state index in [4.69, 9.17) is 9.73 Å². The van der Waals surface area contributed by atoms with E-state index in [1.165, 1.54) is 18.4 Å². The van der Waals surface area contributed by atoms with Crippen LogP contribution in [0.25, 0.3) is 0 Å². The summed E-state index contributed by atoms with van der Waals surface area (Å²) in [4.78, 5) is 19.5. The average Bonchev–Trinajstić information content (AvgIpc) is 3.44. The van der Waals surface area contributed by atoms with E-state index in [0.717, 1.165) is 50.6 Å². The number of halogens is 1. The van der Waals surface area contributed by atoms with Crippen molar-refractivity contribution in [1.29, 1.82) is 0 Å². The molecule has 2 atom stereocenters. The first-order valence-corrected chi connectivity index (χ1v) is 11.1. The molecular formula is C23H37IN4O2. The summed E-state index contributed by atoms with van der Waals surface area (Å²) in [5.41, 5.74) is 1.17. The second-order valence-corrected chi connectivity index (χ2v) is 8.26. The summed E-state index contributed by atoms with van der Waals surface area (Å²) in [6.45, 7) is 7.36. The van der Waals surface area contributed by atoms with Crippen molar-refractivity contribution in [2.75, 3.05) is 33.3 Å². The summed E-state index contributed by atoms with van der Waals surface area (Å²) in [7, 11) is 1.71. The summed E-state index contributed by atoms with van der Waals surface area (Å²) >= 11 is 0. The molecule has 1 saturated heterocycles. The van der Waals surface area contributed by atoms with Gasteiger partial charge in [0, 0.05) is 44.1 Å². The zero-order valence-corrected chi connectivity index (χ0v) is 20.9. The van der Waals surface area contributed by atoms with E-state index < -0.39 is 0 Å². The van der Waals surface area contributed by atoms with Crippen LogP contribution in [0.3, 0.4) is 0 Å². The normalized spacial score (nSPS) is 20.6. The molecule has 1 aromatic carbocycles. The predicted molar refractivity (Wildman–Crippen MR) is 133 cm³/mol. The van der Waals surface area contributed by atoms with Crippen molar-refractivity contribution >= 4 is 35.8 Å². The molecule has 1 aromatic rings. The number of aliphatic imine (C=N–C) groups is 1. The van der Waals surface area contributed by atoms with E-state index in [0.29, 0.717) is 12.5 Å². The number of carbonyl (C=O) groups is 1. The van der Waals surface area contributed by atoms with Crippen LogP contribution in [0.4, 0.5) is 0 Å². The number of benzene rings is 1. The Bertz CT molecular complexity index is 706. The quantitative estimate of drug-likeness (QED) is 0.322. The SMILES string of the molecule is CCNC(=NCC(C)c1ccccc1OC)NC1CCN(C(=O)C2CCCC2)C1.I. The van der Waals surface area contributed by atoms with Gasteiger partial charge in [-0.1, -0.05) is 38.0 Å². The molecule has 0 spiro atoms. The molecule has 30 heavy (non-hydrogen) atoms. The molecule has 1 amide bonds. The van der Waals surface area contributed by atoms with Crippen molar-refractivity contribution in [2.24, 2.45) is 10.9 Å². The monoisotopic (exact) mass is 528 g/mol. The molecule has 3 rings (SSSR count). The Balaban J connectivity index is 0.00000320. The highest BCUT2D eigenvalue weighted by atomic mass is 127. The van der Waals surface area contributed by atoms with Crippen LogP contribution in [-0.2, 0) is 4.79 Å². The smallest absolute Gasteiger partial charge is 0.225 e. The largest absolute Gasteiger partial charge is 0.496 e. The van der Waals surface area contributed by atoms with Gasteiger partial charge in [0.05, 0.1) is 7.11 Å². The fourth-order valence-electron chi connectivity index (χ4n) is 4.42. The van der Waals surface area contributed by atoms with E-state index in [1.54, 1.807) is 7.11 Å². The molecule has 1 aliphatic carbocycles. The van der Waals surface area contributed by atoms with Crippen LogP contribution in [0.1, 0.15) is 57.4 Å². The molecule has 0 bridgehead atoms. The Morgan fingerprint density at radius 3 is 2.70 bits per heavy atom. The van der Waals surface area contributed by atoms with Gasteiger partial charge in [-0.15, -0.1) is 24.0 Å². The molecule has 0 radical (unpaired) electrons. The van der Waals surface area contributed by atoms with E-state index in [-0.39, 0.29) is 41.9 Å². The third-order valence-corrected chi connectivity index (χ3v) is 6.08. The fourth-order valence-corrected chi connectivity index (χ4v) is 4.42. The molecule has 2 fully saturated rings. The number of hydrogen-bond acceptors (Lipinski definition) is 3. The minimum Gasteiger partial charge on any atom is -0.496 e. The van der Waals surface area contributed by atoms with Gasteiger partial charge < -0.3 is 20.3 Å². The highest BCUT2D eigenvalue weighted by molar-refractivity contribution is 14.0. The van der Waals surface area contributed by atoms with E-state index in [9.17, 15) is 4.79 Å². The molecule has 2 N–H and O–H groups in total. The summed E-state index contributed by atoms with van der Waals surface area (Å²) in [5, 5.41) is 6.89. The fraction of sp³-hybridized carbons (Fsp3) is 0.652. The summed E-state index contributed by atoms with van der Waals surface area (Å²) < 4.78 is 5.49. The van der Waals surface area contributed by atoms with Gasteiger partial charge in [-0.25, -0.2) is 0 Å². The average molecular weight is 528 g/mol. The number of likely N-dealkylation sites (tertiary alicyclic amines) is 1. The number of amides is 1. The van der Waals surface area contributed by atoms with Crippen molar-refractivity contribution < 1.29 is 9.53 Å². The van der Waals surface area contributed by atoms with Gasteiger partial charge in [-0.2, -0.15) is 0 Å².